The van der Waals surface area contributed by atoms with Gasteiger partial charge in [0.05, 0.1) is 0 Å². The second-order valence-corrected chi connectivity index (χ2v) is 17.0. The summed E-state index contributed by atoms with van der Waals surface area (Å²) in [5, 5.41) is 0. The number of hydrogen-bond donors (Lipinski definition) is 0. The predicted octanol–water partition coefficient (Wildman–Crippen LogP) is 17.5. The number of esters is 3. The summed E-state index contributed by atoms with van der Waals surface area (Å²) in [7, 11) is 0. The number of rotatable bonds is 46. The molecule has 0 spiro atoms. The lowest BCUT2D eigenvalue weighted by Crippen LogP contribution is -2.30. The lowest BCUT2D eigenvalue weighted by Gasteiger charge is -2.18. The normalized spacial score (nSPS) is 13.0. The largest absolute Gasteiger partial charge is 0.462 e. The minimum Gasteiger partial charge on any atom is -0.462 e. The SMILES string of the molecule is CC/C=C\C/C=C\C/C=C\C/C=C\C/C=C\C/C=C\CCC(=O)OC[C@@H](COC(=O)CCCCCCC/C=C\CCCCCC)OC(=O)CCCCCCC/C=C\C/C=C\CCCCC. The maximum atomic E-state index is 12.8. The van der Waals surface area contributed by atoms with Crippen LogP contribution in [0.2, 0.25) is 0 Å². The third-order valence-corrected chi connectivity index (χ3v) is 10.7. The summed E-state index contributed by atoms with van der Waals surface area (Å²) >= 11 is 0. The van der Waals surface area contributed by atoms with Gasteiger partial charge in [-0.15, -0.1) is 0 Å². The molecule has 0 aromatic heterocycles. The molecule has 368 valence electrons. The molecule has 0 N–H and O–H groups in total. The second kappa shape index (κ2) is 52.7. The Morgan fingerprint density at radius 3 is 1.08 bits per heavy atom. The molecular weight excluding hydrogens is 805 g/mol. The summed E-state index contributed by atoms with van der Waals surface area (Å²) < 4.78 is 16.7. The zero-order valence-electron chi connectivity index (χ0n) is 42.0. The molecule has 0 amide bonds. The van der Waals surface area contributed by atoms with Crippen molar-refractivity contribution in [1.82, 2.24) is 0 Å². The van der Waals surface area contributed by atoms with Gasteiger partial charge in [0.25, 0.3) is 0 Å². The van der Waals surface area contributed by atoms with Gasteiger partial charge in [0.1, 0.15) is 13.2 Å². The minimum absolute atomic E-state index is 0.113. The van der Waals surface area contributed by atoms with Crippen molar-refractivity contribution in [1.29, 1.82) is 0 Å². The number of hydrogen-bond acceptors (Lipinski definition) is 6. The average Bonchev–Trinajstić information content (AvgIpc) is 3.30. The molecular formula is C59H96O6. The predicted molar refractivity (Wildman–Crippen MR) is 279 cm³/mol. The van der Waals surface area contributed by atoms with Gasteiger partial charge < -0.3 is 14.2 Å². The summed E-state index contributed by atoms with van der Waals surface area (Å²) in [5.74, 6) is -1.03. The van der Waals surface area contributed by atoms with Crippen molar-refractivity contribution >= 4 is 17.9 Å². The van der Waals surface area contributed by atoms with E-state index in [1.54, 1.807) is 0 Å². The molecule has 0 saturated carbocycles. The number of allylic oxidation sites excluding steroid dienone is 18. The third kappa shape index (κ3) is 50.9. The summed E-state index contributed by atoms with van der Waals surface area (Å²) in [6.45, 7) is 6.38. The Hall–Kier alpha value is -3.93. The van der Waals surface area contributed by atoms with E-state index >= 15 is 0 Å². The highest BCUT2D eigenvalue weighted by Crippen LogP contribution is 2.12. The molecule has 0 bridgehead atoms. The minimum atomic E-state index is -0.820. The van der Waals surface area contributed by atoms with E-state index in [0.717, 1.165) is 116 Å². The van der Waals surface area contributed by atoms with Crippen LogP contribution in [0.4, 0.5) is 0 Å². The van der Waals surface area contributed by atoms with Crippen molar-refractivity contribution in [2.75, 3.05) is 13.2 Å². The van der Waals surface area contributed by atoms with Crippen molar-refractivity contribution < 1.29 is 28.6 Å². The van der Waals surface area contributed by atoms with Crippen molar-refractivity contribution in [3.8, 4) is 0 Å². The van der Waals surface area contributed by atoms with Gasteiger partial charge in [0, 0.05) is 19.3 Å². The summed E-state index contributed by atoms with van der Waals surface area (Å²) in [6.07, 6.45) is 70.8. The van der Waals surface area contributed by atoms with Crippen LogP contribution >= 0.6 is 0 Å². The molecule has 0 aromatic rings. The Bertz CT molecular complexity index is 1360. The highest BCUT2D eigenvalue weighted by atomic mass is 16.6. The van der Waals surface area contributed by atoms with E-state index in [4.69, 9.17) is 14.2 Å². The molecule has 6 heteroatoms. The molecule has 6 nitrogen and oxygen atoms in total. The van der Waals surface area contributed by atoms with Crippen LogP contribution in [-0.4, -0.2) is 37.2 Å². The van der Waals surface area contributed by atoms with Crippen molar-refractivity contribution in [3.05, 3.63) is 109 Å². The standard InChI is InChI=1S/C59H96O6/c1-4-7-10-13-16-19-22-25-27-28-29-30-32-34-37-40-43-46-49-52-58(61)64-55-56(54-63-57(60)51-48-45-42-39-36-33-24-21-18-15-12-9-6-3)65-59(62)53-50-47-44-41-38-35-31-26-23-20-17-14-11-8-5-2/h7,10,16-17,19-21,24-27,29-31,34,37,43,46,56H,4-6,8-9,11-15,18,22-23,28,32-33,35-36,38-42,44-45,47-55H2,1-3H3/b10-7-,19-16-,20-17-,24-21-,27-25-,30-29-,31-26-,37-34-,46-43-/t56-/m1/s1. The van der Waals surface area contributed by atoms with E-state index in [1.165, 1.54) is 64.2 Å². The molecule has 0 aliphatic heterocycles. The lowest BCUT2D eigenvalue weighted by atomic mass is 10.1. The number of unbranched alkanes of at least 4 members (excludes halogenated alkanes) is 17. The first-order valence-corrected chi connectivity index (χ1v) is 26.4. The molecule has 0 aliphatic carbocycles. The molecule has 0 fully saturated rings. The quantitative estimate of drug-likeness (QED) is 0.0262. The fourth-order valence-corrected chi connectivity index (χ4v) is 6.79. The van der Waals surface area contributed by atoms with Gasteiger partial charge >= 0.3 is 17.9 Å². The van der Waals surface area contributed by atoms with E-state index in [1.807, 2.05) is 12.2 Å². The van der Waals surface area contributed by atoms with Gasteiger partial charge in [-0.2, -0.15) is 0 Å². The van der Waals surface area contributed by atoms with E-state index in [9.17, 15) is 14.4 Å². The zero-order valence-corrected chi connectivity index (χ0v) is 42.0. The van der Waals surface area contributed by atoms with Crippen LogP contribution in [0.5, 0.6) is 0 Å². The molecule has 0 heterocycles. The van der Waals surface area contributed by atoms with Gasteiger partial charge in [0.2, 0.25) is 0 Å². The smallest absolute Gasteiger partial charge is 0.306 e. The van der Waals surface area contributed by atoms with Gasteiger partial charge in [-0.1, -0.05) is 201 Å². The fourth-order valence-electron chi connectivity index (χ4n) is 6.79. The van der Waals surface area contributed by atoms with Crippen LogP contribution in [0.15, 0.2) is 109 Å². The number of ether oxygens (including phenoxy) is 3. The summed E-state index contributed by atoms with van der Waals surface area (Å²) in [4.78, 5) is 38.0. The highest BCUT2D eigenvalue weighted by Gasteiger charge is 2.19. The first-order valence-electron chi connectivity index (χ1n) is 26.4. The van der Waals surface area contributed by atoms with Gasteiger partial charge in [-0.3, -0.25) is 14.4 Å². The maximum absolute atomic E-state index is 12.8. The van der Waals surface area contributed by atoms with Crippen LogP contribution in [-0.2, 0) is 28.6 Å². The Balaban J connectivity index is 4.55. The van der Waals surface area contributed by atoms with Gasteiger partial charge in [-0.05, 0) is 116 Å². The van der Waals surface area contributed by atoms with Crippen LogP contribution in [0.1, 0.15) is 226 Å². The third-order valence-electron chi connectivity index (χ3n) is 10.7. The summed E-state index contributed by atoms with van der Waals surface area (Å²) in [5.41, 5.74) is 0. The first-order chi connectivity index (χ1) is 32.0. The van der Waals surface area contributed by atoms with Crippen LogP contribution in [0.25, 0.3) is 0 Å². The maximum Gasteiger partial charge on any atom is 0.306 e. The molecule has 0 radical (unpaired) electrons. The van der Waals surface area contributed by atoms with Gasteiger partial charge in [-0.25, -0.2) is 0 Å². The summed E-state index contributed by atoms with van der Waals surface area (Å²) in [6, 6.07) is 0. The van der Waals surface area contributed by atoms with Gasteiger partial charge in [0.15, 0.2) is 6.10 Å². The molecule has 1 atom stereocenters. The Labute approximate surface area is 400 Å². The van der Waals surface area contributed by atoms with Crippen molar-refractivity contribution in [2.45, 2.75) is 232 Å². The van der Waals surface area contributed by atoms with E-state index in [2.05, 4.69) is 118 Å². The average molecular weight is 901 g/mol. The van der Waals surface area contributed by atoms with Crippen molar-refractivity contribution in [3.63, 3.8) is 0 Å². The Kier molecular flexibility index (Phi) is 49.5. The van der Waals surface area contributed by atoms with E-state index in [-0.39, 0.29) is 37.5 Å². The number of carbonyl (C=O) groups is 3. The first kappa shape index (κ1) is 61.1. The molecule has 0 aromatic carbocycles. The zero-order chi connectivity index (χ0) is 47.2. The topological polar surface area (TPSA) is 78.9 Å². The Morgan fingerprint density at radius 2 is 0.631 bits per heavy atom. The van der Waals surface area contributed by atoms with E-state index in [0.29, 0.717) is 19.3 Å². The van der Waals surface area contributed by atoms with Crippen LogP contribution < -0.4 is 0 Å². The highest BCUT2D eigenvalue weighted by molar-refractivity contribution is 5.71. The molecule has 0 saturated heterocycles. The van der Waals surface area contributed by atoms with Crippen molar-refractivity contribution in [2.24, 2.45) is 0 Å². The molecule has 0 aliphatic rings. The molecule has 0 unspecified atom stereocenters. The molecule has 65 heavy (non-hydrogen) atoms. The second-order valence-electron chi connectivity index (χ2n) is 17.0. The molecule has 0 rings (SSSR count). The lowest BCUT2D eigenvalue weighted by molar-refractivity contribution is -0.166. The van der Waals surface area contributed by atoms with Crippen LogP contribution in [0.3, 0.4) is 0 Å². The van der Waals surface area contributed by atoms with E-state index < -0.39 is 6.10 Å². The number of carbonyl (C=O) groups excluding carboxylic acids is 3. The Morgan fingerprint density at radius 1 is 0.323 bits per heavy atom. The monoisotopic (exact) mass is 901 g/mol. The fraction of sp³-hybridized carbons (Fsp3) is 0.644. The van der Waals surface area contributed by atoms with Crippen LogP contribution in [0, 0.1) is 0 Å².